The smallest absolute Gasteiger partial charge is 0.450 e. The van der Waals surface area contributed by atoms with Crippen LogP contribution in [0.4, 0.5) is 4.79 Å². The molecule has 1 fully saturated rings. The normalized spacial score (nSPS) is 13.2. The standard InChI is InChI=1S/C6H8NO.CH2O3.Na/c1-2-7-5-3-4-6(7)8;2-1(3)4;/h2,4H,1,3,5H2;(H2,2,3,4);/q-1;;+1. The van der Waals surface area contributed by atoms with Gasteiger partial charge in [0.25, 0.3) is 0 Å². The van der Waals surface area contributed by atoms with E-state index in [1.54, 1.807) is 17.5 Å². The minimum absolute atomic E-state index is 0. The molecule has 0 aliphatic carbocycles. The van der Waals surface area contributed by atoms with Crippen LogP contribution in [0.1, 0.15) is 6.42 Å². The summed E-state index contributed by atoms with van der Waals surface area (Å²) in [5, 5.41) is 13.9. The molecule has 0 saturated carbocycles. The summed E-state index contributed by atoms with van der Waals surface area (Å²) in [5.74, 6) is 0.0833. The van der Waals surface area contributed by atoms with E-state index in [9.17, 15) is 4.79 Å². The zero-order chi connectivity index (χ0) is 9.56. The van der Waals surface area contributed by atoms with Gasteiger partial charge in [-0.25, -0.2) is 4.79 Å². The van der Waals surface area contributed by atoms with Gasteiger partial charge in [0.15, 0.2) is 0 Å². The third kappa shape index (κ3) is 7.70. The van der Waals surface area contributed by atoms with Gasteiger partial charge in [-0.15, -0.1) is 6.42 Å². The number of rotatable bonds is 1. The van der Waals surface area contributed by atoms with Gasteiger partial charge in [0.2, 0.25) is 0 Å². The van der Waals surface area contributed by atoms with E-state index in [1.165, 1.54) is 0 Å². The monoisotopic (exact) mass is 195 g/mol. The number of carbonyl (C=O) groups excluding carboxylic acids is 1. The van der Waals surface area contributed by atoms with Crippen LogP contribution in [0.15, 0.2) is 12.8 Å². The Kier molecular flexibility index (Phi) is 9.11. The number of hydrogen-bond donors (Lipinski definition) is 2. The molecule has 6 heteroatoms. The van der Waals surface area contributed by atoms with Crippen LogP contribution in [-0.4, -0.2) is 33.7 Å². The molecule has 13 heavy (non-hydrogen) atoms. The Morgan fingerprint density at radius 1 is 1.62 bits per heavy atom. The zero-order valence-electron chi connectivity index (χ0n) is 7.43. The number of amides is 1. The summed E-state index contributed by atoms with van der Waals surface area (Å²) in [6, 6.07) is 0. The maximum atomic E-state index is 10.6. The topological polar surface area (TPSA) is 77.8 Å². The van der Waals surface area contributed by atoms with Gasteiger partial charge in [0.05, 0.1) is 5.91 Å². The summed E-state index contributed by atoms with van der Waals surface area (Å²) in [4.78, 5) is 20.8. The largest absolute Gasteiger partial charge is 1.00 e. The first-order valence-electron chi connectivity index (χ1n) is 3.26. The molecule has 0 spiro atoms. The van der Waals surface area contributed by atoms with Crippen LogP contribution in [0.25, 0.3) is 0 Å². The van der Waals surface area contributed by atoms with E-state index in [1.807, 2.05) is 0 Å². The van der Waals surface area contributed by atoms with Gasteiger partial charge in [-0.2, -0.15) is 0 Å². The van der Waals surface area contributed by atoms with Crippen LogP contribution in [0.3, 0.4) is 0 Å². The molecule has 2 N–H and O–H groups in total. The van der Waals surface area contributed by atoms with Crippen molar-refractivity contribution < 1.29 is 49.4 Å². The fourth-order valence-corrected chi connectivity index (χ4v) is 0.736. The predicted octanol–water partition coefficient (Wildman–Crippen LogP) is -2.21. The second-order valence-electron chi connectivity index (χ2n) is 1.99. The predicted molar refractivity (Wildman–Crippen MR) is 41.5 cm³/mol. The summed E-state index contributed by atoms with van der Waals surface area (Å²) in [6.07, 6.45) is 2.26. The Balaban J connectivity index is 0. The molecule has 0 radical (unpaired) electrons. The minimum atomic E-state index is -1.83. The summed E-state index contributed by atoms with van der Waals surface area (Å²) < 4.78 is 0. The van der Waals surface area contributed by atoms with Gasteiger partial charge in [-0.1, -0.05) is 6.58 Å². The molecule has 0 atom stereocenters. The van der Waals surface area contributed by atoms with Crippen molar-refractivity contribution in [3.8, 4) is 0 Å². The van der Waals surface area contributed by atoms with Crippen LogP contribution < -0.4 is 29.6 Å². The molecule has 0 aromatic rings. The average Bonchev–Trinajstić information content (AvgIpc) is 2.33. The SMILES string of the molecule is C=CN1CC[CH-]C1=O.O=C(O)O.[Na+]. The quantitative estimate of drug-likeness (QED) is 0.367. The second-order valence-corrected chi connectivity index (χ2v) is 1.99. The third-order valence-corrected chi connectivity index (χ3v) is 1.19. The zero-order valence-corrected chi connectivity index (χ0v) is 9.43. The van der Waals surface area contributed by atoms with Crippen LogP contribution in [0.2, 0.25) is 0 Å². The van der Waals surface area contributed by atoms with Crippen LogP contribution >= 0.6 is 0 Å². The average molecular weight is 195 g/mol. The molecule has 0 bridgehead atoms. The molecule has 1 amide bonds. The number of carboxylic acid groups (broad SMARTS) is 2. The Morgan fingerprint density at radius 3 is 2.23 bits per heavy atom. The third-order valence-electron chi connectivity index (χ3n) is 1.19. The summed E-state index contributed by atoms with van der Waals surface area (Å²) in [7, 11) is 0. The molecule has 1 aliphatic rings. The van der Waals surface area contributed by atoms with Crippen LogP contribution in [0.5, 0.6) is 0 Å². The molecule has 1 rings (SSSR count). The first-order chi connectivity index (χ1) is 5.57. The van der Waals surface area contributed by atoms with E-state index >= 15 is 0 Å². The van der Waals surface area contributed by atoms with Crippen molar-refractivity contribution in [3.05, 3.63) is 19.2 Å². The molecule has 0 aromatic carbocycles. The van der Waals surface area contributed by atoms with Crippen molar-refractivity contribution in [2.75, 3.05) is 6.54 Å². The van der Waals surface area contributed by atoms with E-state index in [0.29, 0.717) is 0 Å². The van der Waals surface area contributed by atoms with Crippen molar-refractivity contribution >= 4 is 12.1 Å². The Labute approximate surface area is 98.3 Å². The number of likely N-dealkylation sites (tertiary alicyclic amines) is 1. The van der Waals surface area contributed by atoms with Crippen molar-refractivity contribution in [3.63, 3.8) is 0 Å². The minimum Gasteiger partial charge on any atom is -0.450 e. The van der Waals surface area contributed by atoms with Gasteiger partial charge in [0, 0.05) is 0 Å². The molecule has 1 saturated heterocycles. The van der Waals surface area contributed by atoms with Crippen molar-refractivity contribution in [2.45, 2.75) is 6.42 Å². The number of nitrogens with zero attached hydrogens (tertiary/aromatic N) is 1. The van der Waals surface area contributed by atoms with Gasteiger partial charge < -0.3 is 26.3 Å². The maximum Gasteiger partial charge on any atom is 1.00 e. The van der Waals surface area contributed by atoms with E-state index in [-0.39, 0.29) is 35.5 Å². The Morgan fingerprint density at radius 2 is 2.08 bits per heavy atom. The molecule has 0 aromatic heterocycles. The first kappa shape index (κ1) is 14.9. The number of hydrogen-bond acceptors (Lipinski definition) is 2. The van der Waals surface area contributed by atoms with E-state index in [0.717, 1.165) is 13.0 Å². The van der Waals surface area contributed by atoms with E-state index < -0.39 is 6.16 Å². The Bertz CT molecular complexity index is 191. The molecule has 68 valence electrons. The second kappa shape index (κ2) is 7.97. The van der Waals surface area contributed by atoms with Gasteiger partial charge in [0.1, 0.15) is 0 Å². The van der Waals surface area contributed by atoms with Crippen molar-refractivity contribution in [1.29, 1.82) is 0 Å². The first-order valence-corrected chi connectivity index (χ1v) is 3.26. The van der Waals surface area contributed by atoms with Crippen molar-refractivity contribution in [2.24, 2.45) is 0 Å². The molecule has 1 aliphatic heterocycles. The molecule has 1 heterocycles. The molecule has 5 nitrogen and oxygen atoms in total. The summed E-state index contributed by atoms with van der Waals surface area (Å²) in [5.41, 5.74) is 0. The van der Waals surface area contributed by atoms with E-state index in [2.05, 4.69) is 6.58 Å². The summed E-state index contributed by atoms with van der Waals surface area (Å²) >= 11 is 0. The fourth-order valence-electron chi connectivity index (χ4n) is 0.736. The summed E-state index contributed by atoms with van der Waals surface area (Å²) in [6.45, 7) is 4.29. The molecule has 0 unspecified atom stereocenters. The molecular weight excluding hydrogens is 185 g/mol. The maximum absolute atomic E-state index is 10.6. The van der Waals surface area contributed by atoms with E-state index in [4.69, 9.17) is 15.0 Å². The Hall–Kier alpha value is -0.650. The number of carbonyl (C=O) groups is 2. The van der Waals surface area contributed by atoms with Crippen LogP contribution in [0, 0.1) is 6.42 Å². The van der Waals surface area contributed by atoms with Crippen LogP contribution in [-0.2, 0) is 4.79 Å². The van der Waals surface area contributed by atoms with Gasteiger partial charge >= 0.3 is 35.7 Å². The molecular formula is C7H10NNaO4. The van der Waals surface area contributed by atoms with Gasteiger partial charge in [-0.05, 0) is 12.7 Å². The fraction of sp³-hybridized carbons (Fsp3) is 0.286. The van der Waals surface area contributed by atoms with Crippen molar-refractivity contribution in [1.82, 2.24) is 4.90 Å². The van der Waals surface area contributed by atoms with Gasteiger partial charge in [-0.3, -0.25) is 0 Å².